The molecule has 0 saturated carbocycles. The van der Waals surface area contributed by atoms with Gasteiger partial charge < -0.3 is 9.32 Å². The van der Waals surface area contributed by atoms with Gasteiger partial charge in [0.15, 0.2) is 0 Å². The fourth-order valence-corrected chi connectivity index (χ4v) is 11.3. The van der Waals surface area contributed by atoms with E-state index in [4.69, 9.17) is 4.42 Å². The quantitative estimate of drug-likeness (QED) is 0.165. The van der Waals surface area contributed by atoms with Crippen molar-refractivity contribution in [2.75, 3.05) is 4.90 Å². The standard InChI is InChI=1S/C60H43NO/c1-59(2)51-23-13-11-19-43(51)45-29-27-39(32-53(45)59)61(40-28-30-46-44-20-12-14-24-52(44)60(3,4)54(46)33-40)55-35-56-50(34-49(55)38-26-25-36-15-5-6-16-37(36)31-38)57-47-21-9-7-17-41(47)42-18-8-10-22-48(42)58(57)62-56/h5-35H,1-4H3. The predicted molar refractivity (Wildman–Crippen MR) is 261 cm³/mol. The lowest BCUT2D eigenvalue weighted by Gasteiger charge is -2.31. The zero-order valence-electron chi connectivity index (χ0n) is 35.3. The van der Waals surface area contributed by atoms with Crippen LogP contribution < -0.4 is 4.90 Å². The van der Waals surface area contributed by atoms with Crippen molar-refractivity contribution in [3.05, 3.63) is 210 Å². The van der Waals surface area contributed by atoms with Crippen LogP contribution in [0.4, 0.5) is 17.1 Å². The molecule has 2 aliphatic rings. The van der Waals surface area contributed by atoms with Crippen LogP contribution in [0.1, 0.15) is 49.9 Å². The van der Waals surface area contributed by atoms with E-state index in [1.807, 2.05) is 0 Å². The van der Waals surface area contributed by atoms with Crippen LogP contribution in [-0.4, -0.2) is 0 Å². The summed E-state index contributed by atoms with van der Waals surface area (Å²) < 4.78 is 7.17. The molecule has 0 N–H and O–H groups in total. The summed E-state index contributed by atoms with van der Waals surface area (Å²) in [5.74, 6) is 0. The Morgan fingerprint density at radius 3 is 1.53 bits per heavy atom. The van der Waals surface area contributed by atoms with Gasteiger partial charge in [-0.15, -0.1) is 0 Å². The SMILES string of the molecule is CC1(C)c2ccccc2-c2ccc(N(c3ccc4c(c3)C(C)(C)c3ccccc3-4)c3cc4oc5c6ccccc6c6ccccc6c5c4cc3-c3ccc4ccccc4c3)cc21. The van der Waals surface area contributed by atoms with Gasteiger partial charge in [-0.05, 0) is 113 Å². The van der Waals surface area contributed by atoms with Gasteiger partial charge >= 0.3 is 0 Å². The van der Waals surface area contributed by atoms with Crippen molar-refractivity contribution in [2.24, 2.45) is 0 Å². The molecule has 0 fully saturated rings. The molecule has 1 heterocycles. The van der Waals surface area contributed by atoms with Gasteiger partial charge in [0.1, 0.15) is 11.2 Å². The van der Waals surface area contributed by atoms with Gasteiger partial charge in [0.25, 0.3) is 0 Å². The summed E-state index contributed by atoms with van der Waals surface area (Å²) in [4.78, 5) is 2.51. The fourth-order valence-electron chi connectivity index (χ4n) is 11.3. The highest BCUT2D eigenvalue weighted by Gasteiger charge is 2.38. The number of hydrogen-bond donors (Lipinski definition) is 0. The number of anilines is 3. The van der Waals surface area contributed by atoms with Crippen LogP contribution in [0.25, 0.3) is 87.6 Å². The summed E-state index contributed by atoms with van der Waals surface area (Å²) in [7, 11) is 0. The van der Waals surface area contributed by atoms with Gasteiger partial charge in [-0.2, -0.15) is 0 Å². The highest BCUT2D eigenvalue weighted by atomic mass is 16.3. The molecule has 0 saturated heterocycles. The first-order valence-electron chi connectivity index (χ1n) is 21.8. The summed E-state index contributed by atoms with van der Waals surface area (Å²) in [6.07, 6.45) is 0. The van der Waals surface area contributed by atoms with Gasteiger partial charge in [-0.25, -0.2) is 0 Å². The summed E-state index contributed by atoms with van der Waals surface area (Å²) in [5, 5.41) is 9.48. The lowest BCUT2D eigenvalue weighted by Crippen LogP contribution is -2.18. The molecule has 13 rings (SSSR count). The molecule has 0 bridgehead atoms. The summed E-state index contributed by atoms with van der Waals surface area (Å²) in [6.45, 7) is 9.49. The molecule has 0 atom stereocenters. The van der Waals surface area contributed by atoms with Crippen molar-refractivity contribution in [2.45, 2.75) is 38.5 Å². The number of nitrogens with zero attached hydrogens (tertiary/aromatic N) is 1. The van der Waals surface area contributed by atoms with Gasteiger partial charge in [0, 0.05) is 50.0 Å². The van der Waals surface area contributed by atoms with E-state index >= 15 is 0 Å². The van der Waals surface area contributed by atoms with Crippen LogP contribution in [0.5, 0.6) is 0 Å². The van der Waals surface area contributed by atoms with E-state index < -0.39 is 0 Å². The molecule has 2 heteroatoms. The van der Waals surface area contributed by atoms with Crippen LogP contribution in [0.2, 0.25) is 0 Å². The second-order valence-electron chi connectivity index (χ2n) is 18.5. The van der Waals surface area contributed by atoms with E-state index in [9.17, 15) is 0 Å². The normalized spacial score (nSPS) is 14.4. The minimum absolute atomic E-state index is 0.166. The second kappa shape index (κ2) is 12.6. The Labute approximate surface area is 361 Å². The third kappa shape index (κ3) is 4.81. The lowest BCUT2D eigenvalue weighted by atomic mass is 9.82. The van der Waals surface area contributed by atoms with Crippen LogP contribution in [0.15, 0.2) is 192 Å². The molecule has 0 unspecified atom stereocenters. The number of furan rings is 1. The molecular formula is C60H43NO. The first-order valence-corrected chi connectivity index (χ1v) is 21.8. The van der Waals surface area contributed by atoms with Crippen molar-refractivity contribution in [1.29, 1.82) is 0 Å². The Balaban J connectivity index is 1.14. The van der Waals surface area contributed by atoms with E-state index in [1.165, 1.54) is 71.4 Å². The molecule has 0 aliphatic heterocycles. The molecule has 1 aromatic heterocycles. The van der Waals surface area contributed by atoms with E-state index in [2.05, 4.69) is 221 Å². The topological polar surface area (TPSA) is 16.4 Å². The predicted octanol–water partition coefficient (Wildman–Crippen LogP) is 16.8. The van der Waals surface area contributed by atoms with Crippen molar-refractivity contribution < 1.29 is 4.42 Å². The number of benzene rings is 10. The molecular weight excluding hydrogens is 751 g/mol. The molecule has 0 radical (unpaired) electrons. The van der Waals surface area contributed by atoms with Crippen LogP contribution in [0.3, 0.4) is 0 Å². The van der Waals surface area contributed by atoms with Gasteiger partial charge in [-0.3, -0.25) is 0 Å². The Bertz CT molecular complexity index is 3600. The average molecular weight is 794 g/mol. The summed E-state index contributed by atoms with van der Waals surface area (Å²) in [6, 6.07) is 69.9. The fraction of sp³-hybridized carbons (Fsp3) is 0.100. The molecule has 2 nitrogen and oxygen atoms in total. The molecule has 0 amide bonds. The average Bonchev–Trinajstić information content (AvgIpc) is 3.88. The molecule has 294 valence electrons. The zero-order chi connectivity index (χ0) is 41.5. The third-order valence-corrected chi connectivity index (χ3v) is 14.4. The van der Waals surface area contributed by atoms with Gasteiger partial charge in [-0.1, -0.05) is 173 Å². The van der Waals surface area contributed by atoms with E-state index in [-0.39, 0.29) is 10.8 Å². The maximum Gasteiger partial charge on any atom is 0.143 e. The second-order valence-corrected chi connectivity index (χ2v) is 18.5. The van der Waals surface area contributed by atoms with Gasteiger partial charge in [0.05, 0.1) is 5.69 Å². The molecule has 0 spiro atoms. The third-order valence-electron chi connectivity index (χ3n) is 14.4. The molecule has 10 aromatic carbocycles. The largest absolute Gasteiger partial charge is 0.455 e. The Kier molecular flexibility index (Phi) is 7.16. The highest BCUT2D eigenvalue weighted by molar-refractivity contribution is 6.30. The maximum absolute atomic E-state index is 7.17. The molecule has 62 heavy (non-hydrogen) atoms. The Morgan fingerprint density at radius 2 is 0.887 bits per heavy atom. The Hall–Kier alpha value is -7.42. The minimum Gasteiger partial charge on any atom is -0.455 e. The van der Waals surface area contributed by atoms with Crippen LogP contribution in [-0.2, 0) is 10.8 Å². The number of hydrogen-bond acceptors (Lipinski definition) is 2. The monoisotopic (exact) mass is 793 g/mol. The lowest BCUT2D eigenvalue weighted by molar-refractivity contribution is 0.660. The van der Waals surface area contributed by atoms with Gasteiger partial charge in [0.2, 0.25) is 0 Å². The minimum atomic E-state index is -0.166. The van der Waals surface area contributed by atoms with Crippen LogP contribution >= 0.6 is 0 Å². The molecule has 11 aromatic rings. The first-order chi connectivity index (χ1) is 30.3. The van der Waals surface area contributed by atoms with Crippen molar-refractivity contribution in [1.82, 2.24) is 0 Å². The smallest absolute Gasteiger partial charge is 0.143 e. The van der Waals surface area contributed by atoms with Crippen molar-refractivity contribution in [3.63, 3.8) is 0 Å². The van der Waals surface area contributed by atoms with Crippen molar-refractivity contribution >= 4 is 71.3 Å². The van der Waals surface area contributed by atoms with Crippen molar-refractivity contribution in [3.8, 4) is 33.4 Å². The number of rotatable bonds is 4. The Morgan fingerprint density at radius 1 is 0.371 bits per heavy atom. The van der Waals surface area contributed by atoms with Crippen LogP contribution in [0, 0.1) is 0 Å². The molecule has 2 aliphatic carbocycles. The highest BCUT2D eigenvalue weighted by Crippen LogP contribution is 2.55. The zero-order valence-corrected chi connectivity index (χ0v) is 35.3. The maximum atomic E-state index is 7.17. The summed E-state index contributed by atoms with van der Waals surface area (Å²) in [5.41, 5.74) is 17.8. The number of fused-ring (bicyclic) bond motifs is 15. The van der Waals surface area contributed by atoms with E-state index in [0.717, 1.165) is 55.5 Å². The first kappa shape index (κ1) is 35.3. The van der Waals surface area contributed by atoms with E-state index in [0.29, 0.717) is 0 Å². The van der Waals surface area contributed by atoms with E-state index in [1.54, 1.807) is 0 Å². The summed E-state index contributed by atoms with van der Waals surface area (Å²) >= 11 is 0.